The molecule has 2 amide bonds. The van der Waals surface area contributed by atoms with Crippen molar-refractivity contribution in [2.45, 2.75) is 57.4 Å². The van der Waals surface area contributed by atoms with Crippen LogP contribution in [0.4, 0.5) is 5.69 Å². The van der Waals surface area contributed by atoms with Gasteiger partial charge in [-0.05, 0) is 43.5 Å². The topological polar surface area (TPSA) is 40.6 Å². The lowest BCUT2D eigenvalue weighted by atomic mass is 10.1. The molecule has 0 atom stereocenters. The highest BCUT2D eigenvalue weighted by atomic mass is 16.2. The van der Waals surface area contributed by atoms with Crippen LogP contribution in [0, 0.1) is 0 Å². The first-order valence-electron chi connectivity index (χ1n) is 8.84. The molecule has 1 saturated heterocycles. The second-order valence-electron chi connectivity index (χ2n) is 6.76. The third-order valence-corrected chi connectivity index (χ3v) is 5.19. The van der Waals surface area contributed by atoms with E-state index in [-0.39, 0.29) is 11.8 Å². The monoisotopic (exact) mass is 314 g/mol. The van der Waals surface area contributed by atoms with Crippen molar-refractivity contribution in [3.05, 3.63) is 29.8 Å². The normalized spacial score (nSPS) is 19.7. The lowest BCUT2D eigenvalue weighted by Crippen LogP contribution is -2.36. The molecule has 0 aromatic heterocycles. The van der Waals surface area contributed by atoms with E-state index in [1.807, 2.05) is 41.1 Å². The van der Waals surface area contributed by atoms with E-state index in [2.05, 4.69) is 0 Å². The van der Waals surface area contributed by atoms with Crippen LogP contribution in [0.1, 0.15) is 61.7 Å². The molecule has 4 nitrogen and oxygen atoms in total. The molecule has 4 heteroatoms. The average Bonchev–Trinajstić information content (AvgIpc) is 2.84. The van der Waals surface area contributed by atoms with Crippen LogP contribution < -0.4 is 4.90 Å². The molecular weight excluding hydrogens is 288 g/mol. The first kappa shape index (κ1) is 16.0. The molecule has 3 rings (SSSR count). The van der Waals surface area contributed by atoms with Gasteiger partial charge in [-0.25, -0.2) is 0 Å². The van der Waals surface area contributed by atoms with Gasteiger partial charge in [0.2, 0.25) is 5.91 Å². The summed E-state index contributed by atoms with van der Waals surface area (Å²) in [6, 6.07) is 7.88. The summed E-state index contributed by atoms with van der Waals surface area (Å²) in [5, 5.41) is 0. The zero-order chi connectivity index (χ0) is 16.2. The minimum atomic E-state index is 0.0937. The molecule has 1 aliphatic heterocycles. The van der Waals surface area contributed by atoms with Crippen molar-refractivity contribution in [3.8, 4) is 0 Å². The SMILES string of the molecule is CN(C(=O)c1ccc(N2CCCC2=O)cc1)C1CCCCCC1. The number of anilines is 1. The molecular formula is C19H26N2O2. The molecule has 124 valence electrons. The highest BCUT2D eigenvalue weighted by Gasteiger charge is 2.24. The van der Waals surface area contributed by atoms with Gasteiger partial charge in [-0.2, -0.15) is 0 Å². The molecule has 0 bridgehead atoms. The van der Waals surface area contributed by atoms with Crippen molar-refractivity contribution in [1.82, 2.24) is 4.90 Å². The van der Waals surface area contributed by atoms with Gasteiger partial charge in [0.05, 0.1) is 0 Å². The van der Waals surface area contributed by atoms with Crippen molar-refractivity contribution >= 4 is 17.5 Å². The number of carbonyl (C=O) groups excluding carboxylic acids is 2. The van der Waals surface area contributed by atoms with Crippen molar-refractivity contribution in [3.63, 3.8) is 0 Å². The van der Waals surface area contributed by atoms with Crippen molar-refractivity contribution in [1.29, 1.82) is 0 Å². The molecule has 1 heterocycles. The number of benzene rings is 1. The van der Waals surface area contributed by atoms with Gasteiger partial charge in [0.25, 0.3) is 5.91 Å². The van der Waals surface area contributed by atoms with E-state index in [4.69, 9.17) is 0 Å². The Morgan fingerprint density at radius 3 is 2.26 bits per heavy atom. The molecule has 0 unspecified atom stereocenters. The van der Waals surface area contributed by atoms with Crippen LogP contribution in [0.2, 0.25) is 0 Å². The maximum atomic E-state index is 12.7. The summed E-state index contributed by atoms with van der Waals surface area (Å²) in [7, 11) is 1.93. The van der Waals surface area contributed by atoms with Crippen LogP contribution >= 0.6 is 0 Å². The second kappa shape index (κ2) is 7.16. The number of amides is 2. The Hall–Kier alpha value is -1.84. The van der Waals surface area contributed by atoms with Crippen molar-refractivity contribution in [2.24, 2.45) is 0 Å². The van der Waals surface area contributed by atoms with Gasteiger partial charge in [-0.15, -0.1) is 0 Å². The molecule has 1 saturated carbocycles. The van der Waals surface area contributed by atoms with E-state index < -0.39 is 0 Å². The maximum Gasteiger partial charge on any atom is 0.253 e. The molecule has 2 fully saturated rings. The third kappa shape index (κ3) is 3.57. The fourth-order valence-corrected chi connectivity index (χ4v) is 3.72. The van der Waals surface area contributed by atoms with Gasteiger partial charge in [0.15, 0.2) is 0 Å². The molecule has 0 N–H and O–H groups in total. The Morgan fingerprint density at radius 2 is 1.70 bits per heavy atom. The lowest BCUT2D eigenvalue weighted by molar-refractivity contribution is -0.117. The molecule has 1 aromatic carbocycles. The van der Waals surface area contributed by atoms with E-state index in [0.29, 0.717) is 18.0 Å². The highest BCUT2D eigenvalue weighted by Crippen LogP contribution is 2.24. The van der Waals surface area contributed by atoms with Gasteiger partial charge in [-0.1, -0.05) is 25.7 Å². The van der Waals surface area contributed by atoms with Gasteiger partial charge in [0.1, 0.15) is 0 Å². The first-order valence-corrected chi connectivity index (χ1v) is 8.84. The lowest BCUT2D eigenvalue weighted by Gasteiger charge is -2.27. The molecule has 2 aliphatic rings. The van der Waals surface area contributed by atoms with Crippen LogP contribution in [0.3, 0.4) is 0 Å². The van der Waals surface area contributed by atoms with Crippen molar-refractivity contribution < 1.29 is 9.59 Å². The maximum absolute atomic E-state index is 12.7. The average molecular weight is 314 g/mol. The van der Waals surface area contributed by atoms with E-state index in [9.17, 15) is 9.59 Å². The smallest absolute Gasteiger partial charge is 0.253 e. The molecule has 0 radical (unpaired) electrons. The standard InChI is InChI=1S/C19H26N2O2/c1-20(16-7-4-2-3-5-8-16)19(23)15-10-12-17(13-11-15)21-14-6-9-18(21)22/h10-13,16H,2-9,14H2,1H3. The zero-order valence-electron chi connectivity index (χ0n) is 14.0. The number of rotatable bonds is 3. The Kier molecular flexibility index (Phi) is 4.99. The van der Waals surface area contributed by atoms with Gasteiger partial charge >= 0.3 is 0 Å². The Labute approximate surface area is 138 Å². The van der Waals surface area contributed by atoms with E-state index >= 15 is 0 Å². The van der Waals surface area contributed by atoms with Crippen LogP contribution in [0.25, 0.3) is 0 Å². The van der Waals surface area contributed by atoms with E-state index in [1.165, 1.54) is 25.7 Å². The summed E-state index contributed by atoms with van der Waals surface area (Å²) >= 11 is 0. The molecule has 23 heavy (non-hydrogen) atoms. The highest BCUT2D eigenvalue weighted by molar-refractivity contribution is 5.97. The summed E-state index contributed by atoms with van der Waals surface area (Å²) in [6.45, 7) is 0.786. The fourth-order valence-electron chi connectivity index (χ4n) is 3.72. The first-order chi connectivity index (χ1) is 11.2. The van der Waals surface area contributed by atoms with Gasteiger partial charge in [-0.3, -0.25) is 9.59 Å². The Morgan fingerprint density at radius 1 is 1.04 bits per heavy atom. The number of carbonyl (C=O) groups is 2. The van der Waals surface area contributed by atoms with Crippen LogP contribution in [-0.2, 0) is 4.79 Å². The summed E-state index contributed by atoms with van der Waals surface area (Å²) in [4.78, 5) is 28.2. The summed E-state index contributed by atoms with van der Waals surface area (Å²) in [5.74, 6) is 0.274. The number of hydrogen-bond acceptors (Lipinski definition) is 2. The van der Waals surface area contributed by atoms with Crippen LogP contribution in [-0.4, -0.2) is 36.3 Å². The minimum absolute atomic E-state index is 0.0937. The summed E-state index contributed by atoms with van der Waals surface area (Å²) < 4.78 is 0. The predicted octanol–water partition coefficient (Wildman–Crippen LogP) is 3.61. The Balaban J connectivity index is 1.68. The largest absolute Gasteiger partial charge is 0.339 e. The minimum Gasteiger partial charge on any atom is -0.339 e. The third-order valence-electron chi connectivity index (χ3n) is 5.19. The van der Waals surface area contributed by atoms with Crippen molar-refractivity contribution in [2.75, 3.05) is 18.5 Å². The molecule has 0 spiro atoms. The van der Waals surface area contributed by atoms with E-state index in [0.717, 1.165) is 31.5 Å². The fraction of sp³-hybridized carbons (Fsp3) is 0.579. The van der Waals surface area contributed by atoms with E-state index in [1.54, 1.807) is 0 Å². The summed E-state index contributed by atoms with van der Waals surface area (Å²) in [6.07, 6.45) is 8.80. The Bertz CT molecular complexity index is 559. The quantitative estimate of drug-likeness (QED) is 0.800. The molecule has 1 aromatic rings. The molecule has 1 aliphatic carbocycles. The van der Waals surface area contributed by atoms with Crippen LogP contribution in [0.5, 0.6) is 0 Å². The summed E-state index contributed by atoms with van der Waals surface area (Å²) in [5.41, 5.74) is 1.62. The number of nitrogens with zero attached hydrogens (tertiary/aromatic N) is 2. The number of hydrogen-bond donors (Lipinski definition) is 0. The van der Waals surface area contributed by atoms with Gasteiger partial charge in [0, 0.05) is 37.3 Å². The second-order valence-corrected chi connectivity index (χ2v) is 6.76. The zero-order valence-corrected chi connectivity index (χ0v) is 14.0. The van der Waals surface area contributed by atoms with Gasteiger partial charge < -0.3 is 9.80 Å². The van der Waals surface area contributed by atoms with Crippen LogP contribution in [0.15, 0.2) is 24.3 Å². The predicted molar refractivity (Wildman–Crippen MR) is 91.6 cm³/mol.